The maximum atomic E-state index is 11.9. The van der Waals surface area contributed by atoms with Crippen LogP contribution in [0.25, 0.3) is 0 Å². The number of hydrogen-bond donors (Lipinski definition) is 2. The Hall–Kier alpha value is -1.13. The lowest BCUT2D eigenvalue weighted by Gasteiger charge is -2.14. The highest BCUT2D eigenvalue weighted by Crippen LogP contribution is 2.25. The van der Waals surface area contributed by atoms with Crippen LogP contribution in [0.5, 0.6) is 0 Å². The van der Waals surface area contributed by atoms with Gasteiger partial charge in [-0.1, -0.05) is 18.0 Å². The Morgan fingerprint density at radius 2 is 2.38 bits per heavy atom. The summed E-state index contributed by atoms with van der Waals surface area (Å²) < 4.78 is 0. The molecule has 5 heteroatoms. The van der Waals surface area contributed by atoms with Crippen LogP contribution in [0.3, 0.4) is 0 Å². The smallest absolute Gasteiger partial charge is 0.230 e. The van der Waals surface area contributed by atoms with Gasteiger partial charge in [0, 0.05) is 17.3 Å². The van der Waals surface area contributed by atoms with E-state index in [4.69, 9.17) is 17.3 Å². The molecule has 1 aliphatic carbocycles. The van der Waals surface area contributed by atoms with Crippen LogP contribution in [0.4, 0.5) is 5.82 Å². The molecule has 1 aromatic heterocycles. The van der Waals surface area contributed by atoms with Crippen molar-refractivity contribution in [2.75, 3.05) is 5.32 Å². The molecule has 3 N–H and O–H groups in total. The molecule has 0 spiro atoms. The van der Waals surface area contributed by atoms with Crippen LogP contribution >= 0.6 is 11.6 Å². The number of amides is 1. The van der Waals surface area contributed by atoms with Gasteiger partial charge in [0.15, 0.2) is 0 Å². The summed E-state index contributed by atoms with van der Waals surface area (Å²) in [5, 5.41) is 3.30. The third-order valence-electron chi connectivity index (χ3n) is 2.88. The summed E-state index contributed by atoms with van der Waals surface area (Å²) >= 11 is 5.80. The molecule has 16 heavy (non-hydrogen) atoms. The molecule has 1 aromatic rings. The van der Waals surface area contributed by atoms with Crippen molar-refractivity contribution in [1.82, 2.24) is 4.98 Å². The summed E-state index contributed by atoms with van der Waals surface area (Å²) in [5.41, 5.74) is 5.86. The van der Waals surface area contributed by atoms with Gasteiger partial charge in [0.1, 0.15) is 5.82 Å². The van der Waals surface area contributed by atoms with E-state index in [2.05, 4.69) is 10.3 Å². The number of nitrogens with one attached hydrogen (secondary N) is 1. The highest BCUT2D eigenvalue weighted by Gasteiger charge is 2.30. The maximum Gasteiger partial charge on any atom is 0.230 e. The van der Waals surface area contributed by atoms with Crippen LogP contribution in [0.15, 0.2) is 18.3 Å². The number of carbonyl (C=O) groups is 1. The van der Waals surface area contributed by atoms with Crippen molar-refractivity contribution in [2.24, 2.45) is 11.7 Å². The first-order valence-corrected chi connectivity index (χ1v) is 5.72. The van der Waals surface area contributed by atoms with E-state index in [9.17, 15) is 4.79 Å². The second kappa shape index (κ2) is 4.80. The molecule has 1 aliphatic rings. The summed E-state index contributed by atoms with van der Waals surface area (Å²) in [6.45, 7) is 0. The number of nitrogens with zero attached hydrogens (tertiary/aromatic N) is 1. The van der Waals surface area contributed by atoms with Gasteiger partial charge in [-0.05, 0) is 25.0 Å². The molecule has 0 aromatic carbocycles. The van der Waals surface area contributed by atoms with Crippen LogP contribution in [0.1, 0.15) is 19.3 Å². The van der Waals surface area contributed by atoms with Gasteiger partial charge in [-0.2, -0.15) is 0 Å². The molecule has 0 bridgehead atoms. The van der Waals surface area contributed by atoms with Crippen molar-refractivity contribution in [3.8, 4) is 0 Å². The zero-order valence-corrected chi connectivity index (χ0v) is 9.57. The van der Waals surface area contributed by atoms with E-state index in [-0.39, 0.29) is 17.9 Å². The number of hydrogen-bond acceptors (Lipinski definition) is 3. The lowest BCUT2D eigenvalue weighted by atomic mass is 10.0. The van der Waals surface area contributed by atoms with Crippen LogP contribution < -0.4 is 11.1 Å². The van der Waals surface area contributed by atoms with Crippen LogP contribution in [-0.4, -0.2) is 16.9 Å². The molecule has 1 heterocycles. The van der Waals surface area contributed by atoms with E-state index in [1.807, 2.05) is 0 Å². The minimum atomic E-state index is -0.0965. The second-order valence-electron chi connectivity index (χ2n) is 4.05. The van der Waals surface area contributed by atoms with Crippen molar-refractivity contribution in [3.05, 3.63) is 23.4 Å². The quantitative estimate of drug-likeness (QED) is 0.827. The summed E-state index contributed by atoms with van der Waals surface area (Å²) in [6, 6.07) is 3.26. The largest absolute Gasteiger partial charge is 0.327 e. The minimum absolute atomic E-state index is 0.0285. The van der Waals surface area contributed by atoms with Gasteiger partial charge >= 0.3 is 0 Å². The van der Waals surface area contributed by atoms with E-state index in [1.165, 1.54) is 0 Å². The Kier molecular flexibility index (Phi) is 3.41. The average molecular weight is 240 g/mol. The lowest BCUT2D eigenvalue weighted by Crippen LogP contribution is -2.34. The Labute approximate surface area is 99.2 Å². The first kappa shape index (κ1) is 11.4. The molecule has 2 atom stereocenters. The van der Waals surface area contributed by atoms with Crippen molar-refractivity contribution in [1.29, 1.82) is 0 Å². The number of pyridine rings is 1. The average Bonchev–Trinajstić information content (AvgIpc) is 2.64. The summed E-state index contributed by atoms with van der Waals surface area (Å²) in [6.07, 6.45) is 4.35. The molecule has 2 unspecified atom stereocenters. The molecule has 86 valence electrons. The normalized spacial score (nSPS) is 24.4. The highest BCUT2D eigenvalue weighted by molar-refractivity contribution is 6.30. The molecule has 1 amide bonds. The second-order valence-corrected chi connectivity index (χ2v) is 4.49. The van der Waals surface area contributed by atoms with Crippen molar-refractivity contribution >= 4 is 23.3 Å². The van der Waals surface area contributed by atoms with Crippen molar-refractivity contribution in [2.45, 2.75) is 25.3 Å². The number of aromatic nitrogens is 1. The Balaban J connectivity index is 2.02. The molecular formula is C11H14ClN3O. The zero-order chi connectivity index (χ0) is 11.5. The first-order chi connectivity index (χ1) is 7.66. The Bertz CT molecular complexity index is 397. The SMILES string of the molecule is NC1CCCC1C(=O)Nc1cc(Cl)ccn1. The van der Waals surface area contributed by atoms with E-state index in [0.717, 1.165) is 19.3 Å². The fraction of sp³-hybridized carbons (Fsp3) is 0.455. The summed E-state index contributed by atoms with van der Waals surface area (Å²) in [4.78, 5) is 15.9. The summed E-state index contributed by atoms with van der Waals surface area (Å²) in [7, 11) is 0. The molecule has 0 aliphatic heterocycles. The zero-order valence-electron chi connectivity index (χ0n) is 8.82. The Morgan fingerprint density at radius 1 is 1.56 bits per heavy atom. The third-order valence-corrected chi connectivity index (χ3v) is 3.11. The van der Waals surface area contributed by atoms with Crippen LogP contribution in [-0.2, 0) is 4.79 Å². The number of halogens is 1. The topological polar surface area (TPSA) is 68.0 Å². The predicted octanol–water partition coefficient (Wildman–Crippen LogP) is 1.80. The molecule has 0 saturated heterocycles. The fourth-order valence-corrected chi connectivity index (χ4v) is 2.17. The maximum absolute atomic E-state index is 11.9. The van der Waals surface area contributed by atoms with Gasteiger partial charge in [0.25, 0.3) is 0 Å². The molecular weight excluding hydrogens is 226 g/mol. The molecule has 1 saturated carbocycles. The van der Waals surface area contributed by atoms with E-state index in [0.29, 0.717) is 10.8 Å². The Morgan fingerprint density at radius 3 is 3.00 bits per heavy atom. The molecule has 2 rings (SSSR count). The first-order valence-electron chi connectivity index (χ1n) is 5.35. The molecule has 0 radical (unpaired) electrons. The van der Waals surface area contributed by atoms with Crippen LogP contribution in [0, 0.1) is 5.92 Å². The van der Waals surface area contributed by atoms with E-state index in [1.54, 1.807) is 18.3 Å². The van der Waals surface area contributed by atoms with E-state index < -0.39 is 0 Å². The number of carbonyl (C=O) groups excluding carboxylic acids is 1. The van der Waals surface area contributed by atoms with E-state index >= 15 is 0 Å². The van der Waals surface area contributed by atoms with Gasteiger partial charge in [-0.3, -0.25) is 4.79 Å². The lowest BCUT2D eigenvalue weighted by molar-refractivity contribution is -0.120. The third kappa shape index (κ3) is 2.51. The van der Waals surface area contributed by atoms with Gasteiger partial charge in [0.05, 0.1) is 5.92 Å². The van der Waals surface area contributed by atoms with Crippen molar-refractivity contribution < 1.29 is 4.79 Å². The number of rotatable bonds is 2. The monoisotopic (exact) mass is 239 g/mol. The minimum Gasteiger partial charge on any atom is -0.327 e. The predicted molar refractivity (Wildman–Crippen MR) is 63.2 cm³/mol. The summed E-state index contributed by atoms with van der Waals surface area (Å²) in [5.74, 6) is 0.331. The molecule has 1 fully saturated rings. The van der Waals surface area contributed by atoms with Gasteiger partial charge in [0.2, 0.25) is 5.91 Å². The van der Waals surface area contributed by atoms with Gasteiger partial charge in [-0.15, -0.1) is 0 Å². The standard InChI is InChI=1S/C11H14ClN3O/c12-7-4-5-14-10(6-7)15-11(16)8-2-1-3-9(8)13/h4-6,8-9H,1-3,13H2,(H,14,15,16). The number of nitrogens with two attached hydrogens (primary N) is 1. The fourth-order valence-electron chi connectivity index (χ4n) is 2.01. The van der Waals surface area contributed by atoms with Crippen LogP contribution in [0.2, 0.25) is 5.02 Å². The van der Waals surface area contributed by atoms with Gasteiger partial charge < -0.3 is 11.1 Å². The van der Waals surface area contributed by atoms with Gasteiger partial charge in [-0.25, -0.2) is 4.98 Å². The molecule has 4 nitrogen and oxygen atoms in total. The highest BCUT2D eigenvalue weighted by atomic mass is 35.5. The van der Waals surface area contributed by atoms with Crippen molar-refractivity contribution in [3.63, 3.8) is 0 Å². The number of anilines is 1.